The largest absolute Gasteiger partial charge is 0.317 e. The van der Waals surface area contributed by atoms with Crippen molar-refractivity contribution in [2.75, 3.05) is 5.32 Å². The number of aromatic nitrogens is 2. The van der Waals surface area contributed by atoms with E-state index in [4.69, 9.17) is 5.73 Å². The zero-order valence-electron chi connectivity index (χ0n) is 8.13. The maximum absolute atomic E-state index is 11.6. The second-order valence-electron chi connectivity index (χ2n) is 3.73. The number of H-pyrrole nitrogens is 1. The minimum Gasteiger partial charge on any atom is -0.317 e. The molecule has 5 nitrogen and oxygen atoms in total. The Hall–Kier alpha value is -1.36. The second kappa shape index (κ2) is 3.09. The number of hydrogen-bond acceptors (Lipinski definition) is 3. The molecule has 0 unspecified atom stereocenters. The van der Waals surface area contributed by atoms with Crippen molar-refractivity contribution >= 4 is 11.7 Å². The number of nitrogens with zero attached hydrogens (tertiary/aromatic N) is 1. The molecule has 76 valence electrons. The van der Waals surface area contributed by atoms with Crippen LogP contribution in [0.15, 0.2) is 6.20 Å². The number of rotatable bonds is 3. The van der Waals surface area contributed by atoms with Gasteiger partial charge in [-0.3, -0.25) is 9.89 Å². The monoisotopic (exact) mass is 194 g/mol. The van der Waals surface area contributed by atoms with Crippen LogP contribution in [-0.2, 0) is 11.2 Å². The van der Waals surface area contributed by atoms with Gasteiger partial charge in [-0.25, -0.2) is 0 Å². The Morgan fingerprint density at radius 1 is 1.79 bits per heavy atom. The number of carbonyl (C=O) groups excluding carboxylic acids is 1. The molecule has 1 aliphatic rings. The van der Waals surface area contributed by atoms with Gasteiger partial charge in [-0.1, -0.05) is 6.92 Å². The van der Waals surface area contributed by atoms with Crippen LogP contribution in [-0.4, -0.2) is 21.6 Å². The molecule has 1 amide bonds. The van der Waals surface area contributed by atoms with Gasteiger partial charge in [-0.05, 0) is 19.3 Å². The molecule has 5 heteroatoms. The van der Waals surface area contributed by atoms with Crippen molar-refractivity contribution < 1.29 is 4.79 Å². The highest BCUT2D eigenvalue weighted by atomic mass is 16.2. The van der Waals surface area contributed by atoms with Crippen LogP contribution in [0.2, 0.25) is 0 Å². The number of carbonyl (C=O) groups is 1. The number of hydrogen-bond donors (Lipinski definition) is 3. The molecule has 1 fully saturated rings. The van der Waals surface area contributed by atoms with Gasteiger partial charge in [-0.15, -0.1) is 0 Å². The van der Waals surface area contributed by atoms with Gasteiger partial charge in [0.1, 0.15) is 5.82 Å². The Labute approximate surface area is 82.1 Å². The minimum absolute atomic E-state index is 0.114. The molecular weight excluding hydrogens is 180 g/mol. The quantitative estimate of drug-likeness (QED) is 0.651. The van der Waals surface area contributed by atoms with Gasteiger partial charge in [-0.2, -0.15) is 5.10 Å². The Balaban J connectivity index is 2.07. The van der Waals surface area contributed by atoms with Crippen molar-refractivity contribution in [2.24, 2.45) is 5.73 Å². The summed E-state index contributed by atoms with van der Waals surface area (Å²) in [4.78, 5) is 11.6. The maximum Gasteiger partial charge on any atom is 0.245 e. The van der Waals surface area contributed by atoms with E-state index in [-0.39, 0.29) is 5.91 Å². The summed E-state index contributed by atoms with van der Waals surface area (Å²) < 4.78 is 0. The third-order valence-corrected chi connectivity index (χ3v) is 2.58. The van der Waals surface area contributed by atoms with E-state index in [1.165, 1.54) is 0 Å². The van der Waals surface area contributed by atoms with Crippen LogP contribution in [0, 0.1) is 0 Å². The van der Waals surface area contributed by atoms with Gasteiger partial charge >= 0.3 is 0 Å². The summed E-state index contributed by atoms with van der Waals surface area (Å²) in [7, 11) is 0. The lowest BCUT2D eigenvalue weighted by Crippen LogP contribution is -2.38. The third-order valence-electron chi connectivity index (χ3n) is 2.58. The van der Waals surface area contributed by atoms with Gasteiger partial charge < -0.3 is 11.1 Å². The molecule has 4 N–H and O–H groups in total. The van der Waals surface area contributed by atoms with Gasteiger partial charge in [0.25, 0.3) is 0 Å². The van der Waals surface area contributed by atoms with E-state index < -0.39 is 5.54 Å². The molecule has 1 saturated carbocycles. The second-order valence-corrected chi connectivity index (χ2v) is 3.73. The van der Waals surface area contributed by atoms with Crippen molar-refractivity contribution in [3.63, 3.8) is 0 Å². The Bertz CT molecular complexity index is 353. The molecule has 0 atom stereocenters. The Morgan fingerprint density at radius 3 is 3.07 bits per heavy atom. The van der Waals surface area contributed by atoms with Gasteiger partial charge in [0.2, 0.25) is 5.91 Å². The van der Waals surface area contributed by atoms with Crippen molar-refractivity contribution in [1.82, 2.24) is 10.2 Å². The van der Waals surface area contributed by atoms with E-state index in [0.29, 0.717) is 5.82 Å². The van der Waals surface area contributed by atoms with Crippen molar-refractivity contribution in [3.8, 4) is 0 Å². The SMILES string of the molecule is CCc1cn[nH]c1NC(=O)C1(N)CC1. The predicted octanol–water partition coefficient (Wildman–Crippen LogP) is 0.402. The van der Waals surface area contributed by atoms with E-state index in [1.807, 2.05) is 6.92 Å². The van der Waals surface area contributed by atoms with Crippen LogP contribution >= 0.6 is 0 Å². The summed E-state index contributed by atoms with van der Waals surface area (Å²) in [6, 6.07) is 0. The average molecular weight is 194 g/mol. The van der Waals surface area contributed by atoms with Crippen LogP contribution in [0.4, 0.5) is 5.82 Å². The van der Waals surface area contributed by atoms with Crippen LogP contribution in [0.3, 0.4) is 0 Å². The van der Waals surface area contributed by atoms with Crippen LogP contribution in [0.1, 0.15) is 25.3 Å². The van der Waals surface area contributed by atoms with Crippen molar-refractivity contribution in [2.45, 2.75) is 31.7 Å². The summed E-state index contributed by atoms with van der Waals surface area (Å²) in [5.41, 5.74) is 6.13. The van der Waals surface area contributed by atoms with Crippen molar-refractivity contribution in [1.29, 1.82) is 0 Å². The van der Waals surface area contributed by atoms with Gasteiger partial charge in [0.05, 0.1) is 11.7 Å². The molecule has 1 aromatic rings. The lowest BCUT2D eigenvalue weighted by molar-refractivity contribution is -0.118. The normalized spacial score (nSPS) is 17.9. The minimum atomic E-state index is -0.629. The molecule has 0 bridgehead atoms. The molecule has 0 aromatic carbocycles. The maximum atomic E-state index is 11.6. The Kier molecular flexibility index (Phi) is 2.03. The van der Waals surface area contributed by atoms with Gasteiger partial charge in [0.15, 0.2) is 0 Å². The molecule has 0 radical (unpaired) electrons. The molecule has 1 aliphatic carbocycles. The molecule has 1 heterocycles. The first kappa shape index (κ1) is 9.21. The molecular formula is C9H14N4O. The fourth-order valence-electron chi connectivity index (χ4n) is 1.29. The molecule has 2 rings (SSSR count). The first-order valence-corrected chi connectivity index (χ1v) is 4.78. The van der Waals surface area contributed by atoms with Crippen molar-refractivity contribution in [3.05, 3.63) is 11.8 Å². The van der Waals surface area contributed by atoms with Gasteiger partial charge in [0, 0.05) is 5.56 Å². The number of aromatic amines is 1. The molecule has 0 spiro atoms. The standard InChI is InChI=1S/C9H14N4O/c1-2-6-5-11-13-7(6)12-8(14)9(10)3-4-9/h5H,2-4,10H2,1H3,(H2,11,12,13,14). The van der Waals surface area contributed by atoms with Crippen LogP contribution in [0.25, 0.3) is 0 Å². The number of amides is 1. The van der Waals surface area contributed by atoms with E-state index in [1.54, 1.807) is 6.20 Å². The average Bonchev–Trinajstić information content (AvgIpc) is 2.78. The zero-order valence-corrected chi connectivity index (χ0v) is 8.13. The summed E-state index contributed by atoms with van der Waals surface area (Å²) in [5.74, 6) is 0.561. The fraction of sp³-hybridized carbons (Fsp3) is 0.556. The number of anilines is 1. The zero-order chi connectivity index (χ0) is 10.2. The topological polar surface area (TPSA) is 83.8 Å². The van der Waals surface area contributed by atoms with Crippen LogP contribution in [0.5, 0.6) is 0 Å². The summed E-state index contributed by atoms with van der Waals surface area (Å²) >= 11 is 0. The van der Waals surface area contributed by atoms with E-state index in [2.05, 4.69) is 15.5 Å². The summed E-state index contributed by atoms with van der Waals surface area (Å²) in [6.07, 6.45) is 4.10. The lowest BCUT2D eigenvalue weighted by Gasteiger charge is -2.09. The molecule has 1 aromatic heterocycles. The summed E-state index contributed by atoms with van der Waals surface area (Å²) in [5, 5.41) is 9.38. The molecule has 0 aliphatic heterocycles. The lowest BCUT2D eigenvalue weighted by atomic mass is 10.2. The van der Waals surface area contributed by atoms with E-state index in [9.17, 15) is 4.79 Å². The predicted molar refractivity (Wildman–Crippen MR) is 52.7 cm³/mol. The highest BCUT2D eigenvalue weighted by molar-refractivity contribution is 5.99. The number of aryl methyl sites for hydroxylation is 1. The third kappa shape index (κ3) is 1.50. The van der Waals surface area contributed by atoms with E-state index in [0.717, 1.165) is 24.8 Å². The van der Waals surface area contributed by atoms with E-state index >= 15 is 0 Å². The number of nitrogens with two attached hydrogens (primary N) is 1. The highest BCUT2D eigenvalue weighted by Gasteiger charge is 2.46. The number of nitrogens with one attached hydrogen (secondary N) is 2. The molecule has 14 heavy (non-hydrogen) atoms. The fourth-order valence-corrected chi connectivity index (χ4v) is 1.29. The Morgan fingerprint density at radius 2 is 2.50 bits per heavy atom. The smallest absolute Gasteiger partial charge is 0.245 e. The van der Waals surface area contributed by atoms with Crippen LogP contribution < -0.4 is 11.1 Å². The molecule has 0 saturated heterocycles. The first-order chi connectivity index (χ1) is 6.65. The first-order valence-electron chi connectivity index (χ1n) is 4.78. The highest BCUT2D eigenvalue weighted by Crippen LogP contribution is 2.33. The summed E-state index contributed by atoms with van der Waals surface area (Å²) in [6.45, 7) is 2.01.